The maximum absolute atomic E-state index is 10.0. The number of rotatable bonds is 2. The molecule has 1 aliphatic heterocycles. The molecule has 1 fully saturated rings. The van der Waals surface area contributed by atoms with Crippen molar-refractivity contribution in [2.75, 3.05) is 6.54 Å². The minimum Gasteiger partial charge on any atom is -0.507 e. The van der Waals surface area contributed by atoms with Gasteiger partial charge in [0.25, 0.3) is 0 Å². The number of phenolic OH excluding ortho intramolecular Hbond substituents is 1. The average molecular weight is 191 g/mol. The van der Waals surface area contributed by atoms with E-state index in [4.69, 9.17) is 0 Å². The number of hydrogen-bond donors (Lipinski definition) is 2. The molecule has 0 aromatic heterocycles. The van der Waals surface area contributed by atoms with Crippen LogP contribution in [-0.2, 0) is 6.42 Å². The molecule has 1 aromatic carbocycles. The number of benzene rings is 1. The second-order valence-corrected chi connectivity index (χ2v) is 3.86. The highest BCUT2D eigenvalue weighted by molar-refractivity contribution is 5.42. The van der Waals surface area contributed by atoms with Gasteiger partial charge in [0.2, 0.25) is 0 Å². The Morgan fingerprint density at radius 1 is 1.50 bits per heavy atom. The van der Waals surface area contributed by atoms with Gasteiger partial charge in [0.05, 0.1) is 0 Å². The summed E-state index contributed by atoms with van der Waals surface area (Å²) in [7, 11) is 0. The SMILES string of the molecule is CCc1cccc(C2CCCN2)c1O. The van der Waals surface area contributed by atoms with Gasteiger partial charge in [0.15, 0.2) is 0 Å². The van der Waals surface area contributed by atoms with Crippen LogP contribution in [0, 0.1) is 0 Å². The number of para-hydroxylation sites is 1. The first-order valence-corrected chi connectivity index (χ1v) is 5.37. The van der Waals surface area contributed by atoms with E-state index in [1.165, 1.54) is 6.42 Å². The molecule has 0 saturated carbocycles. The Morgan fingerprint density at radius 2 is 2.36 bits per heavy atom. The monoisotopic (exact) mass is 191 g/mol. The van der Waals surface area contributed by atoms with Gasteiger partial charge in [-0.15, -0.1) is 0 Å². The molecule has 2 heteroatoms. The lowest BCUT2D eigenvalue weighted by molar-refractivity contribution is 0.451. The summed E-state index contributed by atoms with van der Waals surface area (Å²) in [6.07, 6.45) is 3.24. The van der Waals surface area contributed by atoms with Crippen molar-refractivity contribution in [1.29, 1.82) is 0 Å². The van der Waals surface area contributed by atoms with Crippen molar-refractivity contribution in [2.45, 2.75) is 32.2 Å². The predicted molar refractivity (Wildman–Crippen MR) is 57.5 cm³/mol. The van der Waals surface area contributed by atoms with Gasteiger partial charge in [-0.2, -0.15) is 0 Å². The third kappa shape index (κ3) is 1.62. The molecule has 1 atom stereocenters. The number of phenols is 1. The largest absolute Gasteiger partial charge is 0.507 e. The molecule has 2 nitrogen and oxygen atoms in total. The molecule has 2 N–H and O–H groups in total. The highest BCUT2D eigenvalue weighted by Crippen LogP contribution is 2.32. The molecule has 0 amide bonds. The fourth-order valence-corrected chi connectivity index (χ4v) is 2.13. The summed E-state index contributed by atoms with van der Waals surface area (Å²) in [5.74, 6) is 0.495. The average Bonchev–Trinajstić information content (AvgIpc) is 2.71. The first-order chi connectivity index (χ1) is 6.83. The van der Waals surface area contributed by atoms with Crippen LogP contribution < -0.4 is 5.32 Å². The molecule has 1 aliphatic rings. The number of aryl methyl sites for hydroxylation is 1. The second kappa shape index (κ2) is 4.01. The zero-order valence-corrected chi connectivity index (χ0v) is 8.59. The van der Waals surface area contributed by atoms with Crippen LogP contribution in [0.15, 0.2) is 18.2 Å². The molecule has 1 aromatic rings. The van der Waals surface area contributed by atoms with Gasteiger partial charge < -0.3 is 10.4 Å². The lowest BCUT2D eigenvalue weighted by Crippen LogP contribution is -2.13. The van der Waals surface area contributed by atoms with Crippen LogP contribution in [0.25, 0.3) is 0 Å². The molecule has 0 bridgehead atoms. The van der Waals surface area contributed by atoms with Crippen molar-refractivity contribution >= 4 is 0 Å². The third-order valence-electron chi connectivity index (χ3n) is 2.97. The molecule has 1 saturated heterocycles. The van der Waals surface area contributed by atoms with E-state index in [1.54, 1.807) is 0 Å². The van der Waals surface area contributed by atoms with E-state index in [2.05, 4.69) is 12.2 Å². The van der Waals surface area contributed by atoms with Gasteiger partial charge in [0.1, 0.15) is 5.75 Å². The van der Waals surface area contributed by atoms with Crippen LogP contribution >= 0.6 is 0 Å². The summed E-state index contributed by atoms with van der Waals surface area (Å²) in [4.78, 5) is 0. The molecule has 0 spiro atoms. The van der Waals surface area contributed by atoms with Crippen molar-refractivity contribution < 1.29 is 5.11 Å². The Bertz CT molecular complexity index is 316. The molecular weight excluding hydrogens is 174 g/mol. The predicted octanol–water partition coefficient (Wildman–Crippen LogP) is 2.38. The van der Waals surface area contributed by atoms with Gasteiger partial charge in [-0.25, -0.2) is 0 Å². The molecule has 0 aliphatic carbocycles. The molecule has 1 unspecified atom stereocenters. The van der Waals surface area contributed by atoms with Crippen LogP contribution in [0.1, 0.15) is 36.9 Å². The number of hydrogen-bond acceptors (Lipinski definition) is 2. The standard InChI is InChI=1S/C12H17NO/c1-2-9-5-3-6-10(12(9)14)11-7-4-8-13-11/h3,5-6,11,13-14H,2,4,7-8H2,1H3. The maximum Gasteiger partial charge on any atom is 0.123 e. The van der Waals surface area contributed by atoms with E-state index in [-0.39, 0.29) is 0 Å². The number of nitrogens with one attached hydrogen (secondary N) is 1. The van der Waals surface area contributed by atoms with E-state index in [1.807, 2.05) is 18.2 Å². The van der Waals surface area contributed by atoms with Crippen molar-refractivity contribution in [3.05, 3.63) is 29.3 Å². The van der Waals surface area contributed by atoms with Crippen LogP contribution in [0.4, 0.5) is 0 Å². The van der Waals surface area contributed by atoms with E-state index in [9.17, 15) is 5.11 Å². The quantitative estimate of drug-likeness (QED) is 0.752. The fourth-order valence-electron chi connectivity index (χ4n) is 2.13. The zero-order chi connectivity index (χ0) is 9.97. The van der Waals surface area contributed by atoms with Crippen LogP contribution in [0.5, 0.6) is 5.75 Å². The van der Waals surface area contributed by atoms with Gasteiger partial charge in [-0.3, -0.25) is 0 Å². The molecule has 14 heavy (non-hydrogen) atoms. The van der Waals surface area contributed by atoms with Gasteiger partial charge >= 0.3 is 0 Å². The van der Waals surface area contributed by atoms with Crippen LogP contribution in [0.3, 0.4) is 0 Å². The van der Waals surface area contributed by atoms with Gasteiger partial charge in [-0.05, 0) is 31.4 Å². The number of aromatic hydroxyl groups is 1. The Kier molecular flexibility index (Phi) is 2.73. The summed E-state index contributed by atoms with van der Waals surface area (Å²) < 4.78 is 0. The lowest BCUT2D eigenvalue weighted by Gasteiger charge is -2.14. The van der Waals surface area contributed by atoms with E-state index >= 15 is 0 Å². The van der Waals surface area contributed by atoms with Crippen molar-refractivity contribution in [3.63, 3.8) is 0 Å². The smallest absolute Gasteiger partial charge is 0.123 e. The molecule has 76 valence electrons. The highest BCUT2D eigenvalue weighted by Gasteiger charge is 2.19. The normalized spacial score (nSPS) is 21.4. The minimum absolute atomic E-state index is 0.362. The molecular formula is C12H17NO. The van der Waals surface area contributed by atoms with Gasteiger partial charge in [0, 0.05) is 11.6 Å². The summed E-state index contributed by atoms with van der Waals surface area (Å²) in [6.45, 7) is 3.14. The fraction of sp³-hybridized carbons (Fsp3) is 0.500. The third-order valence-corrected chi connectivity index (χ3v) is 2.97. The lowest BCUT2D eigenvalue weighted by atomic mass is 10.00. The molecule has 2 rings (SSSR count). The Hall–Kier alpha value is -1.02. The first-order valence-electron chi connectivity index (χ1n) is 5.37. The molecule has 0 radical (unpaired) electrons. The summed E-state index contributed by atoms with van der Waals surface area (Å²) in [5.41, 5.74) is 2.12. The zero-order valence-electron chi connectivity index (χ0n) is 8.59. The van der Waals surface area contributed by atoms with Gasteiger partial charge in [-0.1, -0.05) is 25.1 Å². The van der Waals surface area contributed by atoms with Crippen molar-refractivity contribution in [3.8, 4) is 5.75 Å². The topological polar surface area (TPSA) is 32.3 Å². The highest BCUT2D eigenvalue weighted by atomic mass is 16.3. The first kappa shape index (κ1) is 9.53. The Morgan fingerprint density at radius 3 is 3.00 bits per heavy atom. The van der Waals surface area contributed by atoms with Crippen LogP contribution in [0.2, 0.25) is 0 Å². The maximum atomic E-state index is 10.0. The van der Waals surface area contributed by atoms with E-state index in [0.29, 0.717) is 11.8 Å². The van der Waals surface area contributed by atoms with Crippen molar-refractivity contribution in [2.24, 2.45) is 0 Å². The van der Waals surface area contributed by atoms with Crippen molar-refractivity contribution in [1.82, 2.24) is 5.32 Å². The second-order valence-electron chi connectivity index (χ2n) is 3.86. The Balaban J connectivity index is 2.32. The summed E-state index contributed by atoms with van der Waals surface area (Å²) >= 11 is 0. The van der Waals surface area contributed by atoms with Crippen LogP contribution in [-0.4, -0.2) is 11.7 Å². The Labute approximate surface area is 85.0 Å². The van der Waals surface area contributed by atoms with E-state index < -0.39 is 0 Å². The summed E-state index contributed by atoms with van der Waals surface area (Å²) in [5, 5.41) is 13.4. The molecule has 1 heterocycles. The minimum atomic E-state index is 0.362. The summed E-state index contributed by atoms with van der Waals surface area (Å²) in [6, 6.07) is 6.42. The van der Waals surface area contributed by atoms with E-state index in [0.717, 1.165) is 30.5 Å².